The number of hydrogen-bond acceptors (Lipinski definition) is 6. The van der Waals surface area contributed by atoms with Gasteiger partial charge in [0.2, 0.25) is 15.9 Å². The summed E-state index contributed by atoms with van der Waals surface area (Å²) in [5, 5.41) is 3.95. The number of nitrogen functional groups attached to an aromatic ring is 1. The molecule has 0 atom stereocenters. The lowest BCUT2D eigenvalue weighted by molar-refractivity contribution is 0.387. The molecular formula is C11H13ClN4O3S. The van der Waals surface area contributed by atoms with Gasteiger partial charge in [-0.3, -0.25) is 0 Å². The highest BCUT2D eigenvalue weighted by atomic mass is 35.5. The molecule has 0 fully saturated rings. The Hall–Kier alpha value is -1.64. The molecule has 7 nitrogen and oxygen atoms in total. The zero-order chi connectivity index (χ0) is 14.9. The molecule has 0 aliphatic carbocycles. The molecule has 0 aliphatic heterocycles. The maximum Gasteiger partial charge on any atom is 0.241 e. The van der Waals surface area contributed by atoms with Crippen LogP contribution in [-0.4, -0.2) is 18.6 Å². The summed E-state index contributed by atoms with van der Waals surface area (Å²) >= 11 is 5.90. The van der Waals surface area contributed by atoms with Crippen LogP contribution in [0.5, 0.6) is 0 Å². The number of sulfonamides is 1. The van der Waals surface area contributed by atoms with E-state index in [1.54, 1.807) is 13.8 Å². The third-order valence-electron chi connectivity index (χ3n) is 2.56. The van der Waals surface area contributed by atoms with Crippen molar-refractivity contribution >= 4 is 27.3 Å². The van der Waals surface area contributed by atoms with Gasteiger partial charge in [0.25, 0.3) is 0 Å². The lowest BCUT2D eigenvalue weighted by Gasteiger charge is -2.08. The molecule has 0 unspecified atom stereocenters. The predicted octanol–water partition coefficient (Wildman–Crippen LogP) is 1.40. The van der Waals surface area contributed by atoms with Gasteiger partial charge in [-0.1, -0.05) is 16.8 Å². The van der Waals surface area contributed by atoms with Gasteiger partial charge in [-0.25, -0.2) is 13.1 Å². The predicted molar refractivity (Wildman–Crippen MR) is 73.7 cm³/mol. The van der Waals surface area contributed by atoms with Crippen LogP contribution in [0.3, 0.4) is 0 Å². The summed E-state index contributed by atoms with van der Waals surface area (Å²) in [6, 6.07) is 2.75. The summed E-state index contributed by atoms with van der Waals surface area (Å²) < 4.78 is 31.4. The van der Waals surface area contributed by atoms with Gasteiger partial charge in [0.15, 0.2) is 5.82 Å². The van der Waals surface area contributed by atoms with Gasteiger partial charge < -0.3 is 10.3 Å². The van der Waals surface area contributed by atoms with E-state index in [2.05, 4.69) is 14.9 Å². The van der Waals surface area contributed by atoms with Gasteiger partial charge in [-0.2, -0.15) is 4.98 Å². The number of rotatable bonds is 4. The molecule has 3 N–H and O–H groups in total. The molecule has 1 aromatic heterocycles. The van der Waals surface area contributed by atoms with Crippen LogP contribution in [0.25, 0.3) is 0 Å². The van der Waals surface area contributed by atoms with Gasteiger partial charge >= 0.3 is 0 Å². The minimum absolute atomic E-state index is 0.0390. The molecule has 0 aliphatic rings. The minimum atomic E-state index is -3.72. The average molecular weight is 317 g/mol. The highest BCUT2D eigenvalue weighted by molar-refractivity contribution is 7.89. The fourth-order valence-electron chi connectivity index (χ4n) is 1.57. The van der Waals surface area contributed by atoms with E-state index in [0.29, 0.717) is 16.5 Å². The van der Waals surface area contributed by atoms with E-state index in [9.17, 15) is 8.42 Å². The minimum Gasteiger partial charge on any atom is -0.397 e. The topological polar surface area (TPSA) is 111 Å². The van der Waals surface area contributed by atoms with Gasteiger partial charge in [0, 0.05) is 6.92 Å². The number of nitrogens with one attached hydrogen (secondary N) is 1. The molecule has 1 heterocycles. The summed E-state index contributed by atoms with van der Waals surface area (Å²) in [6.45, 7) is 3.23. The van der Waals surface area contributed by atoms with Crippen LogP contribution >= 0.6 is 11.6 Å². The van der Waals surface area contributed by atoms with Crippen molar-refractivity contribution in [3.63, 3.8) is 0 Å². The Morgan fingerprint density at radius 2 is 2.10 bits per heavy atom. The molecule has 108 valence electrons. The molecule has 1 aromatic carbocycles. The zero-order valence-electron chi connectivity index (χ0n) is 10.8. The maximum absolute atomic E-state index is 12.1. The van der Waals surface area contributed by atoms with Crippen molar-refractivity contribution in [2.24, 2.45) is 0 Å². The van der Waals surface area contributed by atoms with Gasteiger partial charge in [0.05, 0.1) is 22.2 Å². The summed E-state index contributed by atoms with van der Waals surface area (Å²) in [6.07, 6.45) is 0. The van der Waals surface area contributed by atoms with E-state index in [0.717, 1.165) is 0 Å². The molecule has 2 aromatic rings. The first-order chi connectivity index (χ1) is 9.29. The normalized spacial score (nSPS) is 11.8. The van der Waals surface area contributed by atoms with Crippen LogP contribution in [0.2, 0.25) is 5.02 Å². The molecule has 9 heteroatoms. The summed E-state index contributed by atoms with van der Waals surface area (Å²) in [5.74, 6) is 0.621. The fraction of sp³-hybridized carbons (Fsp3) is 0.273. The number of benzene rings is 1. The third kappa shape index (κ3) is 3.09. The van der Waals surface area contributed by atoms with Crippen LogP contribution in [0.15, 0.2) is 21.6 Å². The second kappa shape index (κ2) is 5.39. The van der Waals surface area contributed by atoms with E-state index >= 15 is 0 Å². The number of halogens is 1. The molecule has 2 rings (SSSR count). The van der Waals surface area contributed by atoms with E-state index in [4.69, 9.17) is 21.9 Å². The van der Waals surface area contributed by atoms with Crippen molar-refractivity contribution in [1.82, 2.24) is 14.9 Å². The monoisotopic (exact) mass is 316 g/mol. The summed E-state index contributed by atoms with van der Waals surface area (Å²) in [4.78, 5) is 3.95. The van der Waals surface area contributed by atoms with Crippen molar-refractivity contribution in [3.8, 4) is 0 Å². The second-order valence-corrected chi connectivity index (χ2v) is 6.34. The van der Waals surface area contributed by atoms with Crippen molar-refractivity contribution < 1.29 is 12.9 Å². The maximum atomic E-state index is 12.1. The molecule has 0 saturated carbocycles. The highest BCUT2D eigenvalue weighted by Crippen LogP contribution is 2.26. The van der Waals surface area contributed by atoms with Crippen LogP contribution in [0.4, 0.5) is 5.69 Å². The smallest absolute Gasteiger partial charge is 0.241 e. The Kier molecular flexibility index (Phi) is 3.98. The first-order valence-electron chi connectivity index (χ1n) is 5.64. The van der Waals surface area contributed by atoms with Crippen LogP contribution in [0, 0.1) is 13.8 Å². The summed E-state index contributed by atoms with van der Waals surface area (Å²) in [7, 11) is -3.72. The number of anilines is 1. The fourth-order valence-corrected chi connectivity index (χ4v) is 2.78. The Balaban J connectivity index is 2.22. The second-order valence-electron chi connectivity index (χ2n) is 4.20. The largest absolute Gasteiger partial charge is 0.397 e. The zero-order valence-corrected chi connectivity index (χ0v) is 12.4. The first-order valence-corrected chi connectivity index (χ1v) is 7.50. The first kappa shape index (κ1) is 14.8. The van der Waals surface area contributed by atoms with Crippen LogP contribution in [-0.2, 0) is 16.6 Å². The molecule has 0 saturated heterocycles. The standard InChI is InChI=1S/C11H13ClN4O3S/c1-6-3-8(4-9(13)11(6)12)20(17,18)14-5-10-15-7(2)19-16-10/h3-4,14H,5,13H2,1-2H3. The van der Waals surface area contributed by atoms with E-state index in [1.807, 2.05) is 0 Å². The Labute approximate surface area is 121 Å². The van der Waals surface area contributed by atoms with Gasteiger partial charge in [-0.15, -0.1) is 0 Å². The molecule has 0 bridgehead atoms. The lowest BCUT2D eigenvalue weighted by Crippen LogP contribution is -2.24. The molecule has 0 spiro atoms. The SMILES string of the molecule is Cc1nc(CNS(=O)(=O)c2cc(C)c(Cl)c(N)c2)no1. The Morgan fingerprint density at radius 3 is 2.65 bits per heavy atom. The van der Waals surface area contributed by atoms with E-state index < -0.39 is 10.0 Å². The molecule has 0 amide bonds. The van der Waals surface area contributed by atoms with E-state index in [-0.39, 0.29) is 23.0 Å². The Bertz CT molecular complexity index is 719. The average Bonchev–Trinajstić information content (AvgIpc) is 2.79. The number of aromatic nitrogens is 2. The number of hydrogen-bond donors (Lipinski definition) is 2. The van der Waals surface area contributed by atoms with Crippen molar-refractivity contribution in [1.29, 1.82) is 0 Å². The van der Waals surface area contributed by atoms with Gasteiger partial charge in [-0.05, 0) is 24.6 Å². The van der Waals surface area contributed by atoms with E-state index in [1.165, 1.54) is 12.1 Å². The highest BCUT2D eigenvalue weighted by Gasteiger charge is 2.17. The van der Waals surface area contributed by atoms with Crippen molar-refractivity contribution in [2.75, 3.05) is 5.73 Å². The van der Waals surface area contributed by atoms with Crippen molar-refractivity contribution in [3.05, 3.63) is 34.4 Å². The number of nitrogens with zero attached hydrogens (tertiary/aromatic N) is 2. The van der Waals surface area contributed by atoms with Crippen LogP contribution in [0.1, 0.15) is 17.3 Å². The number of aryl methyl sites for hydroxylation is 2. The third-order valence-corrected chi connectivity index (χ3v) is 4.45. The summed E-state index contributed by atoms with van der Waals surface area (Å²) in [5.41, 5.74) is 6.46. The van der Waals surface area contributed by atoms with Crippen molar-refractivity contribution in [2.45, 2.75) is 25.3 Å². The number of nitrogens with two attached hydrogens (primary N) is 1. The van der Waals surface area contributed by atoms with Gasteiger partial charge in [0.1, 0.15) is 0 Å². The Morgan fingerprint density at radius 1 is 1.40 bits per heavy atom. The molecular weight excluding hydrogens is 304 g/mol. The molecule has 20 heavy (non-hydrogen) atoms. The molecule has 0 radical (unpaired) electrons. The quantitative estimate of drug-likeness (QED) is 0.825. The van der Waals surface area contributed by atoms with Crippen LogP contribution < -0.4 is 10.5 Å². The lowest BCUT2D eigenvalue weighted by atomic mass is 10.2.